The SMILES string of the molecule is CCC(C)(NC(=O)CC1OCCc2ccccc21)c1ccccc1. The van der Waals surface area contributed by atoms with Crippen molar-refractivity contribution in [1.29, 1.82) is 0 Å². The first kappa shape index (κ1) is 16.7. The molecule has 3 heteroatoms. The molecule has 1 aliphatic heterocycles. The van der Waals surface area contributed by atoms with E-state index in [1.807, 2.05) is 30.3 Å². The Labute approximate surface area is 144 Å². The van der Waals surface area contributed by atoms with Gasteiger partial charge in [-0.3, -0.25) is 4.79 Å². The van der Waals surface area contributed by atoms with Gasteiger partial charge in [-0.15, -0.1) is 0 Å². The van der Waals surface area contributed by atoms with E-state index in [9.17, 15) is 4.79 Å². The van der Waals surface area contributed by atoms with E-state index in [4.69, 9.17) is 4.74 Å². The molecular weight excluding hydrogens is 298 g/mol. The van der Waals surface area contributed by atoms with Crippen LogP contribution < -0.4 is 5.32 Å². The summed E-state index contributed by atoms with van der Waals surface area (Å²) in [6.07, 6.45) is 1.97. The van der Waals surface area contributed by atoms with E-state index in [1.54, 1.807) is 0 Å². The molecule has 1 heterocycles. The fourth-order valence-corrected chi connectivity index (χ4v) is 3.34. The highest BCUT2D eigenvalue weighted by atomic mass is 16.5. The number of rotatable bonds is 5. The fourth-order valence-electron chi connectivity index (χ4n) is 3.34. The monoisotopic (exact) mass is 323 g/mol. The minimum Gasteiger partial charge on any atom is -0.373 e. The summed E-state index contributed by atoms with van der Waals surface area (Å²) in [5.41, 5.74) is 3.22. The minimum absolute atomic E-state index is 0.0323. The van der Waals surface area contributed by atoms with Crippen LogP contribution in [0, 0.1) is 0 Å². The maximum atomic E-state index is 12.7. The van der Waals surface area contributed by atoms with Gasteiger partial charge in [-0.2, -0.15) is 0 Å². The molecule has 0 aliphatic carbocycles. The van der Waals surface area contributed by atoms with Crippen LogP contribution in [-0.4, -0.2) is 12.5 Å². The number of nitrogens with one attached hydrogen (secondary N) is 1. The van der Waals surface area contributed by atoms with Gasteiger partial charge in [-0.05, 0) is 36.5 Å². The van der Waals surface area contributed by atoms with Crippen molar-refractivity contribution in [3.8, 4) is 0 Å². The zero-order valence-corrected chi connectivity index (χ0v) is 14.4. The van der Waals surface area contributed by atoms with E-state index >= 15 is 0 Å². The summed E-state index contributed by atoms with van der Waals surface area (Å²) in [4.78, 5) is 12.7. The van der Waals surface area contributed by atoms with Gasteiger partial charge in [-0.1, -0.05) is 61.5 Å². The van der Waals surface area contributed by atoms with E-state index in [1.165, 1.54) is 5.56 Å². The van der Waals surface area contributed by atoms with Gasteiger partial charge in [0.05, 0.1) is 24.7 Å². The Morgan fingerprint density at radius 1 is 1.17 bits per heavy atom. The topological polar surface area (TPSA) is 38.3 Å². The molecule has 2 aromatic carbocycles. The van der Waals surface area contributed by atoms with Gasteiger partial charge in [0.1, 0.15) is 0 Å². The van der Waals surface area contributed by atoms with Crippen LogP contribution in [0.25, 0.3) is 0 Å². The van der Waals surface area contributed by atoms with Gasteiger partial charge in [0.25, 0.3) is 0 Å². The lowest BCUT2D eigenvalue weighted by molar-refractivity contribution is -0.126. The third-order valence-corrected chi connectivity index (χ3v) is 5.00. The molecular formula is C21H25NO2. The lowest BCUT2D eigenvalue weighted by Crippen LogP contribution is -2.43. The van der Waals surface area contributed by atoms with Crippen molar-refractivity contribution in [3.05, 3.63) is 71.3 Å². The number of hydrogen-bond donors (Lipinski definition) is 1. The van der Waals surface area contributed by atoms with Crippen LogP contribution >= 0.6 is 0 Å². The minimum atomic E-state index is -0.355. The number of ether oxygens (including phenoxy) is 1. The molecule has 3 nitrogen and oxygen atoms in total. The summed E-state index contributed by atoms with van der Waals surface area (Å²) < 4.78 is 5.87. The van der Waals surface area contributed by atoms with Crippen molar-refractivity contribution in [2.45, 2.75) is 44.8 Å². The molecule has 0 fully saturated rings. The highest BCUT2D eigenvalue weighted by Gasteiger charge is 2.29. The van der Waals surface area contributed by atoms with Crippen molar-refractivity contribution >= 4 is 5.91 Å². The molecule has 3 rings (SSSR count). The predicted octanol–water partition coefficient (Wildman–Crippen LogP) is 4.13. The summed E-state index contributed by atoms with van der Waals surface area (Å²) in [6.45, 7) is 4.86. The van der Waals surface area contributed by atoms with Crippen LogP contribution in [0.2, 0.25) is 0 Å². The zero-order valence-electron chi connectivity index (χ0n) is 14.4. The second kappa shape index (κ2) is 7.18. The molecule has 1 aliphatic rings. The number of carbonyl (C=O) groups is 1. The van der Waals surface area contributed by atoms with E-state index in [0.717, 1.165) is 24.0 Å². The Bertz CT molecular complexity index is 698. The number of fused-ring (bicyclic) bond motifs is 1. The Balaban J connectivity index is 1.72. The van der Waals surface area contributed by atoms with Crippen LogP contribution in [0.4, 0.5) is 0 Å². The lowest BCUT2D eigenvalue weighted by Gasteiger charge is -2.32. The number of carbonyl (C=O) groups excluding carboxylic acids is 1. The summed E-state index contributed by atoms with van der Waals surface area (Å²) in [5.74, 6) is 0.0323. The standard InChI is InChI=1S/C21H25NO2/c1-3-21(2,17-10-5-4-6-11-17)22-20(23)15-19-18-12-8-7-9-16(18)13-14-24-19/h4-12,19H,3,13-15H2,1-2H3,(H,22,23). The second-order valence-corrected chi connectivity index (χ2v) is 6.61. The molecule has 0 saturated carbocycles. The van der Waals surface area contributed by atoms with Crippen LogP contribution in [0.1, 0.15) is 49.5 Å². The molecule has 2 aromatic rings. The fraction of sp³-hybridized carbons (Fsp3) is 0.381. The maximum Gasteiger partial charge on any atom is 0.223 e. The summed E-state index contributed by atoms with van der Waals surface area (Å²) in [6, 6.07) is 18.4. The molecule has 1 N–H and O–H groups in total. The molecule has 0 spiro atoms. The first-order valence-electron chi connectivity index (χ1n) is 8.68. The van der Waals surface area contributed by atoms with Gasteiger partial charge in [0.2, 0.25) is 5.91 Å². The number of hydrogen-bond acceptors (Lipinski definition) is 2. The quantitative estimate of drug-likeness (QED) is 0.898. The van der Waals surface area contributed by atoms with Gasteiger partial charge < -0.3 is 10.1 Å². The van der Waals surface area contributed by atoms with Crippen molar-refractivity contribution in [2.24, 2.45) is 0 Å². The molecule has 2 atom stereocenters. The van der Waals surface area contributed by atoms with E-state index in [-0.39, 0.29) is 17.6 Å². The van der Waals surface area contributed by atoms with Gasteiger partial charge in [0, 0.05) is 0 Å². The molecule has 0 aromatic heterocycles. The predicted molar refractivity (Wildman–Crippen MR) is 95.7 cm³/mol. The van der Waals surface area contributed by atoms with Crippen molar-refractivity contribution in [3.63, 3.8) is 0 Å². The average Bonchev–Trinajstić information content (AvgIpc) is 2.62. The van der Waals surface area contributed by atoms with Crippen LogP contribution in [0.5, 0.6) is 0 Å². The third kappa shape index (κ3) is 3.51. The number of amides is 1. The van der Waals surface area contributed by atoms with E-state index in [0.29, 0.717) is 13.0 Å². The van der Waals surface area contributed by atoms with Crippen molar-refractivity contribution in [1.82, 2.24) is 5.32 Å². The molecule has 2 unspecified atom stereocenters. The third-order valence-electron chi connectivity index (χ3n) is 5.00. The Kier molecular flexibility index (Phi) is 5.00. The van der Waals surface area contributed by atoms with Crippen molar-refractivity contribution < 1.29 is 9.53 Å². The van der Waals surface area contributed by atoms with E-state index in [2.05, 4.69) is 43.4 Å². The highest BCUT2D eigenvalue weighted by Crippen LogP contribution is 2.30. The van der Waals surface area contributed by atoms with E-state index < -0.39 is 0 Å². The van der Waals surface area contributed by atoms with Crippen LogP contribution in [0.15, 0.2) is 54.6 Å². The first-order chi connectivity index (χ1) is 11.6. The normalized spacial score (nSPS) is 19.2. The zero-order chi connectivity index (χ0) is 17.0. The van der Waals surface area contributed by atoms with Crippen LogP contribution in [0.3, 0.4) is 0 Å². The smallest absolute Gasteiger partial charge is 0.223 e. The van der Waals surface area contributed by atoms with Gasteiger partial charge in [-0.25, -0.2) is 0 Å². The summed E-state index contributed by atoms with van der Waals surface area (Å²) >= 11 is 0. The largest absolute Gasteiger partial charge is 0.373 e. The summed E-state index contributed by atoms with van der Waals surface area (Å²) in [7, 11) is 0. The average molecular weight is 323 g/mol. The molecule has 1 amide bonds. The summed E-state index contributed by atoms with van der Waals surface area (Å²) in [5, 5.41) is 3.22. The molecule has 0 saturated heterocycles. The molecule has 24 heavy (non-hydrogen) atoms. The second-order valence-electron chi connectivity index (χ2n) is 6.61. The Morgan fingerprint density at radius 3 is 2.62 bits per heavy atom. The molecule has 126 valence electrons. The lowest BCUT2D eigenvalue weighted by atomic mass is 9.88. The Morgan fingerprint density at radius 2 is 1.88 bits per heavy atom. The van der Waals surface area contributed by atoms with Gasteiger partial charge >= 0.3 is 0 Å². The number of benzene rings is 2. The van der Waals surface area contributed by atoms with Crippen molar-refractivity contribution in [2.75, 3.05) is 6.61 Å². The maximum absolute atomic E-state index is 12.7. The highest BCUT2D eigenvalue weighted by molar-refractivity contribution is 5.78. The van der Waals surface area contributed by atoms with Gasteiger partial charge in [0.15, 0.2) is 0 Å². The Hall–Kier alpha value is -2.13. The molecule has 0 bridgehead atoms. The molecule has 0 radical (unpaired) electrons. The van der Waals surface area contributed by atoms with Crippen LogP contribution in [-0.2, 0) is 21.5 Å². The first-order valence-corrected chi connectivity index (χ1v) is 8.68.